The van der Waals surface area contributed by atoms with Gasteiger partial charge in [-0.3, -0.25) is 4.79 Å². The molecule has 1 amide bonds. The van der Waals surface area contributed by atoms with Crippen LogP contribution >= 0.6 is 0 Å². The second-order valence-electron chi connectivity index (χ2n) is 5.72. The molecule has 1 aliphatic heterocycles. The monoisotopic (exact) mass is 314 g/mol. The summed E-state index contributed by atoms with van der Waals surface area (Å²) < 4.78 is 37.0. The number of anilines is 1. The van der Waals surface area contributed by atoms with E-state index in [1.165, 1.54) is 0 Å². The first-order chi connectivity index (χ1) is 10.4. The second-order valence-corrected chi connectivity index (χ2v) is 5.72. The first kappa shape index (κ1) is 16.8. The fraction of sp³-hybridized carbons (Fsp3) is 0.562. The van der Waals surface area contributed by atoms with E-state index in [9.17, 15) is 18.0 Å². The molecule has 1 aromatic carbocycles. The largest absolute Gasteiger partial charge is 0.389 e. The van der Waals surface area contributed by atoms with Crippen LogP contribution < -0.4 is 10.6 Å². The van der Waals surface area contributed by atoms with Crippen molar-refractivity contribution in [3.63, 3.8) is 0 Å². The lowest BCUT2D eigenvalue weighted by Crippen LogP contribution is -2.16. The molecule has 6 heteroatoms. The van der Waals surface area contributed by atoms with E-state index in [1.54, 1.807) is 24.3 Å². The van der Waals surface area contributed by atoms with E-state index in [4.69, 9.17) is 0 Å². The van der Waals surface area contributed by atoms with Crippen molar-refractivity contribution in [1.29, 1.82) is 0 Å². The summed E-state index contributed by atoms with van der Waals surface area (Å²) in [6.07, 6.45) is -2.90. The number of nitrogens with one attached hydrogen (secondary N) is 2. The summed E-state index contributed by atoms with van der Waals surface area (Å²) >= 11 is 0. The Kier molecular flexibility index (Phi) is 5.83. The predicted molar refractivity (Wildman–Crippen MR) is 79.7 cm³/mol. The van der Waals surface area contributed by atoms with Crippen LogP contribution in [0.15, 0.2) is 24.3 Å². The lowest BCUT2D eigenvalue weighted by atomic mass is 10.0. The van der Waals surface area contributed by atoms with Crippen molar-refractivity contribution < 1.29 is 18.0 Å². The number of amides is 1. The molecule has 122 valence electrons. The molecule has 0 spiro atoms. The fourth-order valence-electron chi connectivity index (χ4n) is 2.65. The van der Waals surface area contributed by atoms with Gasteiger partial charge in [-0.2, -0.15) is 13.2 Å². The molecule has 1 atom stereocenters. The van der Waals surface area contributed by atoms with Gasteiger partial charge in [-0.05, 0) is 49.9 Å². The molecule has 0 bridgehead atoms. The summed E-state index contributed by atoms with van der Waals surface area (Å²) in [6.45, 7) is 1.93. The maximum Gasteiger partial charge on any atom is 0.389 e. The minimum absolute atomic E-state index is 0.119. The normalized spacial score (nSPS) is 18.4. The molecule has 0 aromatic heterocycles. The number of rotatable bonds is 6. The SMILES string of the molecule is O=C(CCC1CCNC1)Nc1ccccc1CCC(F)(F)F. The van der Waals surface area contributed by atoms with Crippen molar-refractivity contribution in [2.75, 3.05) is 18.4 Å². The Morgan fingerprint density at radius 1 is 1.32 bits per heavy atom. The average molecular weight is 314 g/mol. The molecule has 1 saturated heterocycles. The number of para-hydroxylation sites is 1. The van der Waals surface area contributed by atoms with Crippen molar-refractivity contribution in [3.05, 3.63) is 29.8 Å². The van der Waals surface area contributed by atoms with Crippen molar-refractivity contribution in [2.45, 2.75) is 38.3 Å². The van der Waals surface area contributed by atoms with Crippen LogP contribution in [0.2, 0.25) is 0 Å². The van der Waals surface area contributed by atoms with Crippen LogP contribution in [0.4, 0.5) is 18.9 Å². The summed E-state index contributed by atoms with van der Waals surface area (Å²) in [5.41, 5.74) is 1.01. The zero-order chi connectivity index (χ0) is 16.0. The van der Waals surface area contributed by atoms with Crippen LogP contribution in [-0.2, 0) is 11.2 Å². The zero-order valence-electron chi connectivity index (χ0n) is 12.4. The van der Waals surface area contributed by atoms with Gasteiger partial charge >= 0.3 is 6.18 Å². The number of aryl methyl sites for hydroxylation is 1. The number of benzene rings is 1. The van der Waals surface area contributed by atoms with Crippen molar-refractivity contribution in [2.24, 2.45) is 5.92 Å². The molecule has 3 nitrogen and oxygen atoms in total. The summed E-state index contributed by atoms with van der Waals surface area (Å²) in [5.74, 6) is 0.387. The van der Waals surface area contributed by atoms with E-state index in [-0.39, 0.29) is 12.3 Å². The van der Waals surface area contributed by atoms with Crippen LogP contribution in [0.3, 0.4) is 0 Å². The maximum atomic E-state index is 12.3. The smallest absolute Gasteiger partial charge is 0.326 e. The predicted octanol–water partition coefficient (Wildman–Crippen LogP) is 3.51. The second kappa shape index (κ2) is 7.63. The standard InChI is InChI=1S/C16H21F3N2O/c17-16(18,19)9-7-13-3-1-2-4-14(13)21-15(22)6-5-12-8-10-20-11-12/h1-4,12,20H,5-11H2,(H,21,22). The van der Waals surface area contributed by atoms with Crippen LogP contribution in [0.5, 0.6) is 0 Å². The molecular weight excluding hydrogens is 293 g/mol. The number of carbonyl (C=O) groups excluding carboxylic acids is 1. The number of carbonyl (C=O) groups is 1. The summed E-state index contributed by atoms with van der Waals surface area (Å²) in [6, 6.07) is 6.68. The molecule has 22 heavy (non-hydrogen) atoms. The minimum atomic E-state index is -4.19. The van der Waals surface area contributed by atoms with Gasteiger partial charge in [-0.25, -0.2) is 0 Å². The summed E-state index contributed by atoms with van der Waals surface area (Å²) in [4.78, 5) is 12.0. The molecule has 1 heterocycles. The molecule has 0 saturated carbocycles. The highest BCUT2D eigenvalue weighted by atomic mass is 19.4. The van der Waals surface area contributed by atoms with E-state index >= 15 is 0 Å². The highest BCUT2D eigenvalue weighted by Gasteiger charge is 2.27. The minimum Gasteiger partial charge on any atom is -0.326 e. The molecule has 1 fully saturated rings. The van der Waals surface area contributed by atoms with Gasteiger partial charge in [0.15, 0.2) is 0 Å². The lowest BCUT2D eigenvalue weighted by Gasteiger charge is -2.13. The summed E-state index contributed by atoms with van der Waals surface area (Å²) in [5, 5.41) is 5.99. The molecule has 0 radical (unpaired) electrons. The van der Waals surface area contributed by atoms with Gasteiger partial charge in [-0.15, -0.1) is 0 Å². The molecule has 2 N–H and O–H groups in total. The number of hydrogen-bond acceptors (Lipinski definition) is 2. The number of alkyl halides is 3. The Morgan fingerprint density at radius 2 is 2.09 bits per heavy atom. The fourth-order valence-corrected chi connectivity index (χ4v) is 2.65. The first-order valence-electron chi connectivity index (χ1n) is 7.59. The molecule has 1 unspecified atom stereocenters. The molecule has 1 aliphatic rings. The quantitative estimate of drug-likeness (QED) is 0.843. The Balaban J connectivity index is 1.86. The maximum absolute atomic E-state index is 12.3. The van der Waals surface area contributed by atoms with Crippen LogP contribution in [0.25, 0.3) is 0 Å². The number of hydrogen-bond donors (Lipinski definition) is 2. The van der Waals surface area contributed by atoms with Crippen LogP contribution in [0.1, 0.15) is 31.2 Å². The topological polar surface area (TPSA) is 41.1 Å². The highest BCUT2D eigenvalue weighted by molar-refractivity contribution is 5.91. The summed E-state index contributed by atoms with van der Waals surface area (Å²) in [7, 11) is 0. The van der Waals surface area contributed by atoms with Gasteiger partial charge in [0.2, 0.25) is 5.91 Å². The van der Waals surface area contributed by atoms with Gasteiger partial charge in [0.25, 0.3) is 0 Å². The Morgan fingerprint density at radius 3 is 2.77 bits per heavy atom. The Hall–Kier alpha value is -1.56. The van der Waals surface area contributed by atoms with Gasteiger partial charge in [0, 0.05) is 18.5 Å². The van der Waals surface area contributed by atoms with E-state index in [1.807, 2.05) is 0 Å². The third-order valence-electron chi connectivity index (χ3n) is 3.91. The van der Waals surface area contributed by atoms with Crippen molar-refractivity contribution >= 4 is 11.6 Å². The average Bonchev–Trinajstić information content (AvgIpc) is 2.97. The van der Waals surface area contributed by atoms with Gasteiger partial charge < -0.3 is 10.6 Å². The van der Waals surface area contributed by atoms with Crippen LogP contribution in [-0.4, -0.2) is 25.2 Å². The third kappa shape index (κ3) is 5.67. The van der Waals surface area contributed by atoms with E-state index < -0.39 is 12.6 Å². The number of halogens is 3. The molecular formula is C16H21F3N2O. The third-order valence-corrected chi connectivity index (χ3v) is 3.91. The Labute approximate surface area is 128 Å². The molecule has 0 aliphatic carbocycles. The molecule has 1 aromatic rings. The first-order valence-corrected chi connectivity index (χ1v) is 7.59. The zero-order valence-corrected chi connectivity index (χ0v) is 12.4. The van der Waals surface area contributed by atoms with Gasteiger partial charge in [0.05, 0.1) is 0 Å². The lowest BCUT2D eigenvalue weighted by molar-refractivity contribution is -0.133. The molecule has 2 rings (SSSR count). The van der Waals surface area contributed by atoms with E-state index in [2.05, 4.69) is 10.6 Å². The highest BCUT2D eigenvalue weighted by Crippen LogP contribution is 2.25. The van der Waals surface area contributed by atoms with Crippen molar-refractivity contribution in [1.82, 2.24) is 5.32 Å². The van der Waals surface area contributed by atoms with Gasteiger partial charge in [-0.1, -0.05) is 18.2 Å². The van der Waals surface area contributed by atoms with Crippen molar-refractivity contribution in [3.8, 4) is 0 Å². The van der Waals surface area contributed by atoms with Gasteiger partial charge in [0.1, 0.15) is 0 Å². The van der Waals surface area contributed by atoms with E-state index in [0.29, 0.717) is 23.6 Å². The Bertz CT molecular complexity index is 496. The van der Waals surface area contributed by atoms with E-state index in [0.717, 1.165) is 25.9 Å². The van der Waals surface area contributed by atoms with Crippen LogP contribution in [0, 0.1) is 5.92 Å².